The second-order valence-corrected chi connectivity index (χ2v) is 6.88. The number of hydrogen-bond donors (Lipinski definition) is 0. The van der Waals surface area contributed by atoms with Crippen molar-refractivity contribution in [3.8, 4) is 6.07 Å². The Morgan fingerprint density at radius 3 is 2.60 bits per heavy atom. The lowest BCUT2D eigenvalue weighted by Gasteiger charge is -2.27. The monoisotopic (exact) mass is 288 g/mol. The molecule has 108 valence electrons. The molecule has 2 rings (SSSR count). The normalized spacial score (nSPS) is 17.2. The molecule has 0 aromatic heterocycles. The zero-order chi connectivity index (χ0) is 14.6. The van der Waals surface area contributed by atoms with Crippen LogP contribution in [0.5, 0.6) is 0 Å². The Balaban J connectivity index is 2.31. The summed E-state index contributed by atoms with van der Waals surface area (Å²) in [5, 5.41) is 9.54. The molecule has 1 aromatic carbocycles. The molecule has 0 aliphatic carbocycles. The van der Waals surface area contributed by atoms with Gasteiger partial charge in [-0.25, -0.2) is 0 Å². The van der Waals surface area contributed by atoms with E-state index in [0.29, 0.717) is 5.41 Å². The molecule has 1 aromatic rings. The minimum atomic E-state index is 0.445. The van der Waals surface area contributed by atoms with Crippen LogP contribution >= 0.6 is 11.8 Å². The minimum Gasteiger partial charge on any atom is -0.370 e. The number of thioether (sulfide) groups is 1. The molecular formula is C17H24N2S. The molecule has 0 spiro atoms. The van der Waals surface area contributed by atoms with Crippen LogP contribution in [-0.4, -0.2) is 18.8 Å². The number of nitriles is 1. The van der Waals surface area contributed by atoms with Crippen LogP contribution < -0.4 is 4.90 Å². The topological polar surface area (TPSA) is 27.0 Å². The van der Waals surface area contributed by atoms with Gasteiger partial charge in [0, 0.05) is 18.0 Å². The first-order chi connectivity index (χ1) is 9.69. The van der Waals surface area contributed by atoms with Crippen LogP contribution in [-0.2, 0) is 0 Å². The highest BCUT2D eigenvalue weighted by molar-refractivity contribution is 7.99. The maximum atomic E-state index is 9.54. The second kappa shape index (κ2) is 6.54. The van der Waals surface area contributed by atoms with Crippen LogP contribution in [0.25, 0.3) is 0 Å². The molecule has 0 atom stereocenters. The second-order valence-electron chi connectivity index (χ2n) is 5.57. The Morgan fingerprint density at radius 1 is 1.30 bits per heavy atom. The van der Waals surface area contributed by atoms with E-state index in [2.05, 4.69) is 49.9 Å². The molecule has 3 heteroatoms. The maximum absolute atomic E-state index is 9.54. The van der Waals surface area contributed by atoms with Crippen molar-refractivity contribution < 1.29 is 0 Å². The first kappa shape index (κ1) is 15.3. The molecular weight excluding hydrogens is 264 g/mol. The molecule has 2 nitrogen and oxygen atoms in total. The van der Waals surface area contributed by atoms with Gasteiger partial charge in [0.25, 0.3) is 0 Å². The van der Waals surface area contributed by atoms with E-state index in [1.54, 1.807) is 11.8 Å². The zero-order valence-corrected chi connectivity index (χ0v) is 13.6. The summed E-state index contributed by atoms with van der Waals surface area (Å²) in [7, 11) is 0. The molecule has 20 heavy (non-hydrogen) atoms. The molecule has 0 bridgehead atoms. The number of anilines is 1. The highest BCUT2D eigenvalue weighted by atomic mass is 32.2. The fourth-order valence-electron chi connectivity index (χ4n) is 3.14. The van der Waals surface area contributed by atoms with Gasteiger partial charge in [0.1, 0.15) is 6.07 Å². The predicted octanol–water partition coefficient (Wildman–Crippen LogP) is 4.69. The van der Waals surface area contributed by atoms with E-state index in [0.717, 1.165) is 35.0 Å². The third-order valence-electron chi connectivity index (χ3n) is 4.69. The fraction of sp³-hybridized carbons (Fsp3) is 0.588. The number of benzene rings is 1. The van der Waals surface area contributed by atoms with E-state index < -0.39 is 0 Å². The summed E-state index contributed by atoms with van der Waals surface area (Å²) in [6.45, 7) is 8.89. The van der Waals surface area contributed by atoms with E-state index >= 15 is 0 Å². The summed E-state index contributed by atoms with van der Waals surface area (Å²) in [5.74, 6) is 1.01. The van der Waals surface area contributed by atoms with Crippen molar-refractivity contribution in [2.75, 3.05) is 23.7 Å². The van der Waals surface area contributed by atoms with Gasteiger partial charge in [-0.05, 0) is 42.6 Å². The van der Waals surface area contributed by atoms with Crippen molar-refractivity contribution in [3.05, 3.63) is 23.8 Å². The molecule has 0 amide bonds. The molecule has 0 saturated carbocycles. The van der Waals surface area contributed by atoms with Gasteiger partial charge in [-0.15, -0.1) is 11.8 Å². The van der Waals surface area contributed by atoms with E-state index in [9.17, 15) is 5.26 Å². The number of hydrogen-bond acceptors (Lipinski definition) is 3. The lowest BCUT2D eigenvalue weighted by molar-refractivity contribution is 0.301. The van der Waals surface area contributed by atoms with Gasteiger partial charge in [0.15, 0.2) is 0 Å². The molecule has 0 N–H and O–H groups in total. The highest BCUT2D eigenvalue weighted by Crippen LogP contribution is 2.41. The summed E-state index contributed by atoms with van der Waals surface area (Å²) in [4.78, 5) is 3.55. The Morgan fingerprint density at radius 2 is 2.05 bits per heavy atom. The van der Waals surface area contributed by atoms with Gasteiger partial charge < -0.3 is 4.90 Å². The van der Waals surface area contributed by atoms with E-state index in [-0.39, 0.29) is 0 Å². The summed E-state index contributed by atoms with van der Waals surface area (Å²) in [5.41, 5.74) is 2.44. The standard InChI is InChI=1S/C17H24N2S/c1-4-17(5-2)10-11-19(13-17)15-8-7-9-16(20-6-3)14(15)12-18/h7-9H,4-6,10-11,13H2,1-3H3. The molecule has 0 unspecified atom stereocenters. The summed E-state index contributed by atoms with van der Waals surface area (Å²) >= 11 is 1.76. The quantitative estimate of drug-likeness (QED) is 0.736. The van der Waals surface area contributed by atoms with Crippen LogP contribution in [0.15, 0.2) is 23.1 Å². The Labute approximate surface area is 127 Å². The van der Waals surface area contributed by atoms with Crippen LogP contribution in [0.4, 0.5) is 5.69 Å². The number of nitrogens with zero attached hydrogens (tertiary/aromatic N) is 2. The van der Waals surface area contributed by atoms with E-state index in [1.807, 2.05) is 0 Å². The average molecular weight is 288 g/mol. The first-order valence-electron chi connectivity index (χ1n) is 7.60. The van der Waals surface area contributed by atoms with Crippen LogP contribution in [0.1, 0.15) is 45.6 Å². The van der Waals surface area contributed by atoms with Crippen molar-refractivity contribution in [2.24, 2.45) is 5.41 Å². The van der Waals surface area contributed by atoms with Crippen LogP contribution in [0, 0.1) is 16.7 Å². The summed E-state index contributed by atoms with van der Waals surface area (Å²) in [6, 6.07) is 8.70. The molecule has 1 aliphatic rings. The molecule has 1 aliphatic heterocycles. The minimum absolute atomic E-state index is 0.445. The smallest absolute Gasteiger partial charge is 0.103 e. The molecule has 1 heterocycles. The van der Waals surface area contributed by atoms with Gasteiger partial charge in [0.05, 0.1) is 11.3 Å². The molecule has 0 radical (unpaired) electrons. The van der Waals surface area contributed by atoms with Gasteiger partial charge in [-0.3, -0.25) is 0 Å². The lowest BCUT2D eigenvalue weighted by atomic mass is 9.82. The fourth-order valence-corrected chi connectivity index (χ4v) is 3.92. The zero-order valence-electron chi connectivity index (χ0n) is 12.8. The Bertz CT molecular complexity index is 500. The van der Waals surface area contributed by atoms with Gasteiger partial charge >= 0.3 is 0 Å². The van der Waals surface area contributed by atoms with E-state index in [1.165, 1.54) is 19.3 Å². The maximum Gasteiger partial charge on any atom is 0.103 e. The third kappa shape index (κ3) is 2.81. The lowest BCUT2D eigenvalue weighted by Crippen LogP contribution is -2.26. The summed E-state index contributed by atoms with van der Waals surface area (Å²) in [6.07, 6.45) is 3.70. The van der Waals surface area contributed by atoms with Crippen LogP contribution in [0.2, 0.25) is 0 Å². The van der Waals surface area contributed by atoms with E-state index in [4.69, 9.17) is 0 Å². The van der Waals surface area contributed by atoms with Crippen molar-refractivity contribution in [1.82, 2.24) is 0 Å². The largest absolute Gasteiger partial charge is 0.370 e. The van der Waals surface area contributed by atoms with Crippen molar-refractivity contribution in [3.63, 3.8) is 0 Å². The van der Waals surface area contributed by atoms with Crippen LogP contribution in [0.3, 0.4) is 0 Å². The van der Waals surface area contributed by atoms with Gasteiger partial charge in [-0.1, -0.05) is 26.8 Å². The summed E-state index contributed by atoms with van der Waals surface area (Å²) < 4.78 is 0. The highest BCUT2D eigenvalue weighted by Gasteiger charge is 2.35. The van der Waals surface area contributed by atoms with Crippen molar-refractivity contribution in [2.45, 2.75) is 44.9 Å². The van der Waals surface area contributed by atoms with Gasteiger partial charge in [-0.2, -0.15) is 5.26 Å². The molecule has 1 saturated heterocycles. The number of rotatable bonds is 5. The first-order valence-corrected chi connectivity index (χ1v) is 8.59. The van der Waals surface area contributed by atoms with Gasteiger partial charge in [0.2, 0.25) is 0 Å². The van der Waals surface area contributed by atoms with Crippen molar-refractivity contribution >= 4 is 17.4 Å². The molecule has 1 fully saturated rings. The SMILES string of the molecule is CCSc1cccc(N2CCC(CC)(CC)C2)c1C#N. The Kier molecular flexibility index (Phi) is 4.99. The Hall–Kier alpha value is -1.14. The van der Waals surface area contributed by atoms with Crippen molar-refractivity contribution in [1.29, 1.82) is 5.26 Å². The average Bonchev–Trinajstić information content (AvgIpc) is 2.92. The third-order valence-corrected chi connectivity index (χ3v) is 5.63. The predicted molar refractivity (Wildman–Crippen MR) is 87.4 cm³/mol.